The van der Waals surface area contributed by atoms with E-state index in [0.29, 0.717) is 0 Å². The van der Waals surface area contributed by atoms with E-state index in [-0.39, 0.29) is 5.54 Å². The molecule has 0 radical (unpaired) electrons. The summed E-state index contributed by atoms with van der Waals surface area (Å²) in [6.45, 7) is 3.46. The number of rotatable bonds is 1. The number of anilines is 1. The molecule has 0 N–H and O–H groups in total. The van der Waals surface area contributed by atoms with Crippen LogP contribution in [0, 0.1) is 0 Å². The first kappa shape index (κ1) is 10.2. The van der Waals surface area contributed by atoms with Crippen LogP contribution in [0.3, 0.4) is 0 Å². The maximum absolute atomic E-state index is 4.39. The molecule has 1 atom stereocenters. The minimum Gasteiger partial charge on any atom is -0.359 e. The number of hydrogen-bond acceptors (Lipinski definition) is 2. The van der Waals surface area contributed by atoms with E-state index in [1.165, 1.54) is 29.9 Å². The predicted molar refractivity (Wildman–Crippen MR) is 72.1 cm³/mol. The van der Waals surface area contributed by atoms with Crippen LogP contribution in [-0.2, 0) is 5.54 Å². The van der Waals surface area contributed by atoms with Gasteiger partial charge in [0.15, 0.2) is 0 Å². The Morgan fingerprint density at radius 3 is 2.94 bits per heavy atom. The van der Waals surface area contributed by atoms with Gasteiger partial charge in [-0.3, -0.25) is 4.57 Å². The molecule has 1 aromatic heterocycles. The van der Waals surface area contributed by atoms with Gasteiger partial charge in [-0.1, -0.05) is 19.1 Å². The molecule has 2 aliphatic rings. The summed E-state index contributed by atoms with van der Waals surface area (Å²) in [5.41, 5.74) is 4.17. The maximum Gasteiger partial charge on any atom is 0.0995 e. The van der Waals surface area contributed by atoms with Crippen LogP contribution in [0.5, 0.6) is 0 Å². The fourth-order valence-corrected chi connectivity index (χ4v) is 3.77. The second-order valence-corrected chi connectivity index (χ2v) is 5.28. The van der Waals surface area contributed by atoms with Crippen LogP contribution < -0.4 is 4.90 Å². The molecule has 3 heterocycles. The van der Waals surface area contributed by atoms with E-state index in [4.69, 9.17) is 0 Å². The highest BCUT2D eigenvalue weighted by Gasteiger charge is 2.46. The molecule has 0 bridgehead atoms. The van der Waals surface area contributed by atoms with Gasteiger partial charge < -0.3 is 4.90 Å². The number of para-hydroxylation sites is 2. The lowest BCUT2D eigenvalue weighted by molar-refractivity contribution is 0.399. The Morgan fingerprint density at radius 1 is 1.28 bits per heavy atom. The summed E-state index contributed by atoms with van der Waals surface area (Å²) in [6, 6.07) is 8.68. The summed E-state index contributed by atoms with van der Waals surface area (Å²) in [7, 11) is 0. The smallest absolute Gasteiger partial charge is 0.0995 e. The summed E-state index contributed by atoms with van der Waals surface area (Å²) >= 11 is 0. The molecule has 1 fully saturated rings. The van der Waals surface area contributed by atoms with Crippen LogP contribution in [0.25, 0.3) is 5.69 Å². The standard InChI is InChI=1S/C15H17N3/c1-2-15-8-5-9-18(15)13-7-4-3-6-12(13)17-11-16-10-14(15)17/h3-4,6-7,10-11H,2,5,8-9H2,1H3. The lowest BCUT2D eigenvalue weighted by Crippen LogP contribution is -2.45. The summed E-state index contributed by atoms with van der Waals surface area (Å²) in [4.78, 5) is 6.99. The van der Waals surface area contributed by atoms with Gasteiger partial charge >= 0.3 is 0 Å². The molecule has 1 saturated heterocycles. The number of fused-ring (bicyclic) bond motifs is 6. The van der Waals surface area contributed by atoms with Crippen LogP contribution in [0.1, 0.15) is 31.9 Å². The third-order valence-corrected chi connectivity index (χ3v) is 4.62. The van der Waals surface area contributed by atoms with Crippen molar-refractivity contribution >= 4 is 5.69 Å². The summed E-state index contributed by atoms with van der Waals surface area (Å²) < 4.78 is 2.28. The highest BCUT2D eigenvalue weighted by molar-refractivity contribution is 5.69. The Morgan fingerprint density at radius 2 is 2.11 bits per heavy atom. The van der Waals surface area contributed by atoms with Crippen molar-refractivity contribution in [2.75, 3.05) is 11.4 Å². The number of aromatic nitrogens is 2. The van der Waals surface area contributed by atoms with Gasteiger partial charge in [-0.15, -0.1) is 0 Å². The van der Waals surface area contributed by atoms with Crippen molar-refractivity contribution in [3.05, 3.63) is 42.5 Å². The number of nitrogens with zero attached hydrogens (tertiary/aromatic N) is 3. The highest BCUT2D eigenvalue weighted by atomic mass is 15.3. The van der Waals surface area contributed by atoms with Crippen molar-refractivity contribution in [3.8, 4) is 5.69 Å². The zero-order valence-corrected chi connectivity index (χ0v) is 10.6. The molecule has 0 aliphatic carbocycles. The molecule has 2 aromatic rings. The first-order chi connectivity index (χ1) is 8.87. The topological polar surface area (TPSA) is 21.1 Å². The summed E-state index contributed by atoms with van der Waals surface area (Å²) in [5.74, 6) is 0. The summed E-state index contributed by atoms with van der Waals surface area (Å²) in [5, 5.41) is 0. The predicted octanol–water partition coefficient (Wildman–Crippen LogP) is 3.09. The lowest BCUT2D eigenvalue weighted by Gasteiger charge is -2.44. The van der Waals surface area contributed by atoms with Gasteiger partial charge in [0.1, 0.15) is 0 Å². The van der Waals surface area contributed by atoms with Crippen LogP contribution in [-0.4, -0.2) is 16.1 Å². The first-order valence-electron chi connectivity index (χ1n) is 6.77. The Bertz CT molecular complexity index is 601. The lowest BCUT2D eigenvalue weighted by atomic mass is 9.87. The van der Waals surface area contributed by atoms with Gasteiger partial charge in [0, 0.05) is 6.54 Å². The molecule has 3 nitrogen and oxygen atoms in total. The second kappa shape index (κ2) is 3.37. The van der Waals surface area contributed by atoms with Gasteiger partial charge in [-0.25, -0.2) is 4.98 Å². The minimum absolute atomic E-state index is 0.171. The zero-order valence-electron chi connectivity index (χ0n) is 10.6. The third-order valence-electron chi connectivity index (χ3n) is 4.62. The molecule has 0 amide bonds. The van der Waals surface area contributed by atoms with E-state index < -0.39 is 0 Å². The van der Waals surface area contributed by atoms with E-state index in [9.17, 15) is 0 Å². The molecule has 4 rings (SSSR count). The van der Waals surface area contributed by atoms with Crippen LogP contribution in [0.15, 0.2) is 36.8 Å². The Kier molecular flexibility index (Phi) is 1.91. The maximum atomic E-state index is 4.39. The van der Waals surface area contributed by atoms with E-state index >= 15 is 0 Å². The van der Waals surface area contributed by atoms with Crippen LogP contribution >= 0.6 is 0 Å². The van der Waals surface area contributed by atoms with Gasteiger partial charge in [-0.2, -0.15) is 0 Å². The molecule has 0 saturated carbocycles. The van der Waals surface area contributed by atoms with Crippen LogP contribution in [0.2, 0.25) is 0 Å². The molecule has 1 unspecified atom stereocenters. The molecule has 0 spiro atoms. The Hall–Kier alpha value is -1.77. The molecule has 2 aliphatic heterocycles. The van der Waals surface area contributed by atoms with Gasteiger partial charge in [-0.05, 0) is 31.4 Å². The SMILES string of the molecule is CCC12CCCN1c1ccccc1-n1cncc12. The van der Waals surface area contributed by atoms with Crippen molar-refractivity contribution in [3.63, 3.8) is 0 Å². The second-order valence-electron chi connectivity index (χ2n) is 5.28. The molecular weight excluding hydrogens is 222 g/mol. The van der Waals surface area contributed by atoms with Gasteiger partial charge in [0.05, 0.1) is 35.1 Å². The van der Waals surface area contributed by atoms with E-state index in [2.05, 4.69) is 51.8 Å². The first-order valence-corrected chi connectivity index (χ1v) is 6.77. The average molecular weight is 239 g/mol. The fraction of sp³-hybridized carbons (Fsp3) is 0.400. The molecule has 18 heavy (non-hydrogen) atoms. The molecule has 3 heteroatoms. The fourth-order valence-electron chi connectivity index (χ4n) is 3.77. The summed E-state index contributed by atoms with van der Waals surface area (Å²) in [6.07, 6.45) is 7.67. The van der Waals surface area contributed by atoms with Gasteiger partial charge in [0.2, 0.25) is 0 Å². The van der Waals surface area contributed by atoms with Crippen molar-refractivity contribution in [1.82, 2.24) is 9.55 Å². The zero-order chi connectivity index (χ0) is 12.2. The molecular formula is C15H17N3. The normalized spacial score (nSPS) is 24.6. The Labute approximate surface area is 107 Å². The highest BCUT2D eigenvalue weighted by Crippen LogP contribution is 2.49. The van der Waals surface area contributed by atoms with Crippen molar-refractivity contribution < 1.29 is 0 Å². The number of hydrogen-bond donors (Lipinski definition) is 0. The average Bonchev–Trinajstić information content (AvgIpc) is 3.06. The minimum atomic E-state index is 0.171. The Balaban J connectivity index is 2.06. The van der Waals surface area contributed by atoms with E-state index in [0.717, 1.165) is 13.0 Å². The molecule has 1 aromatic carbocycles. The van der Waals surface area contributed by atoms with Crippen molar-refractivity contribution in [1.29, 1.82) is 0 Å². The third kappa shape index (κ3) is 1.03. The number of imidazole rings is 1. The van der Waals surface area contributed by atoms with Crippen molar-refractivity contribution in [2.24, 2.45) is 0 Å². The molecule has 92 valence electrons. The van der Waals surface area contributed by atoms with Crippen LogP contribution in [0.4, 0.5) is 5.69 Å². The quantitative estimate of drug-likeness (QED) is 0.762. The monoisotopic (exact) mass is 239 g/mol. The van der Waals surface area contributed by atoms with E-state index in [1.807, 2.05) is 6.33 Å². The van der Waals surface area contributed by atoms with E-state index in [1.54, 1.807) is 0 Å². The largest absolute Gasteiger partial charge is 0.359 e. The number of benzene rings is 1. The van der Waals surface area contributed by atoms with Gasteiger partial charge in [0.25, 0.3) is 0 Å². The van der Waals surface area contributed by atoms with Crippen molar-refractivity contribution in [2.45, 2.75) is 31.7 Å².